The Bertz CT molecular complexity index is 1010. The highest BCUT2D eigenvalue weighted by Crippen LogP contribution is 2.35. The fourth-order valence-corrected chi connectivity index (χ4v) is 3.77. The van der Waals surface area contributed by atoms with Gasteiger partial charge in [-0.15, -0.1) is 0 Å². The number of nitrogens with two attached hydrogens (primary N) is 1. The standard InChI is InChI=1S/C16H20N5O5PS/c1-10(26-9-27(22,23)24)7-21-8-18-13-14(21)19-16(17)20-15(13)28-12-5-3-11(25-2)4-6-12/h3-6,8,10H,7,9H2,1-2H3,(H2,17,19,20)(H2,22,23,24). The molecule has 0 amide bonds. The number of anilines is 1. The maximum Gasteiger partial charge on any atom is 0.350 e. The van der Waals surface area contributed by atoms with Gasteiger partial charge in [-0.05, 0) is 31.2 Å². The van der Waals surface area contributed by atoms with Crippen molar-refractivity contribution in [3.8, 4) is 5.75 Å². The average Bonchev–Trinajstić information content (AvgIpc) is 3.03. The van der Waals surface area contributed by atoms with E-state index >= 15 is 0 Å². The van der Waals surface area contributed by atoms with Crippen molar-refractivity contribution < 1.29 is 23.8 Å². The van der Waals surface area contributed by atoms with E-state index in [0.717, 1.165) is 10.6 Å². The van der Waals surface area contributed by atoms with Crippen LogP contribution in [0.5, 0.6) is 5.75 Å². The molecule has 0 radical (unpaired) electrons. The van der Waals surface area contributed by atoms with Gasteiger partial charge in [0.15, 0.2) is 5.65 Å². The molecular formula is C16H20N5O5PS. The Hall–Kier alpha value is -2.17. The molecule has 1 atom stereocenters. The molecule has 4 N–H and O–H groups in total. The number of hydrogen-bond acceptors (Lipinski definition) is 8. The summed E-state index contributed by atoms with van der Waals surface area (Å²) in [4.78, 5) is 31.7. The Morgan fingerprint density at radius 2 is 2.00 bits per heavy atom. The number of fused-ring (bicyclic) bond motifs is 1. The van der Waals surface area contributed by atoms with Gasteiger partial charge in [0.05, 0.1) is 26.1 Å². The van der Waals surface area contributed by atoms with Crippen molar-refractivity contribution in [1.29, 1.82) is 0 Å². The molecule has 12 heteroatoms. The van der Waals surface area contributed by atoms with Gasteiger partial charge in [0.2, 0.25) is 5.95 Å². The van der Waals surface area contributed by atoms with Crippen LogP contribution in [-0.2, 0) is 15.8 Å². The topological polar surface area (TPSA) is 146 Å². The Balaban J connectivity index is 1.82. The van der Waals surface area contributed by atoms with E-state index in [1.165, 1.54) is 11.8 Å². The Kier molecular flexibility index (Phi) is 6.21. The summed E-state index contributed by atoms with van der Waals surface area (Å²) in [6, 6.07) is 7.51. The van der Waals surface area contributed by atoms with Gasteiger partial charge in [-0.2, -0.15) is 4.98 Å². The second kappa shape index (κ2) is 8.46. The van der Waals surface area contributed by atoms with E-state index < -0.39 is 20.0 Å². The van der Waals surface area contributed by atoms with E-state index in [-0.39, 0.29) is 5.95 Å². The molecule has 1 unspecified atom stereocenters. The number of aromatic nitrogens is 4. The van der Waals surface area contributed by atoms with Gasteiger partial charge >= 0.3 is 7.60 Å². The number of nitrogens with zero attached hydrogens (tertiary/aromatic N) is 4. The summed E-state index contributed by atoms with van der Waals surface area (Å²) in [6.45, 7) is 2.01. The third kappa shape index (κ3) is 5.21. The molecule has 0 aliphatic carbocycles. The zero-order chi connectivity index (χ0) is 20.3. The van der Waals surface area contributed by atoms with Crippen LogP contribution in [0, 0.1) is 0 Å². The molecule has 150 valence electrons. The van der Waals surface area contributed by atoms with Crippen molar-refractivity contribution in [1.82, 2.24) is 19.5 Å². The largest absolute Gasteiger partial charge is 0.497 e. The molecule has 0 fully saturated rings. The van der Waals surface area contributed by atoms with Crippen LogP contribution in [0.15, 0.2) is 40.5 Å². The summed E-state index contributed by atoms with van der Waals surface area (Å²) in [5.41, 5.74) is 6.97. The lowest BCUT2D eigenvalue weighted by molar-refractivity contribution is 0.0764. The molecule has 3 aromatic rings. The van der Waals surface area contributed by atoms with Crippen LogP contribution in [0.4, 0.5) is 5.95 Å². The molecule has 1 aromatic carbocycles. The zero-order valence-electron chi connectivity index (χ0n) is 15.2. The van der Waals surface area contributed by atoms with E-state index in [1.807, 2.05) is 24.3 Å². The van der Waals surface area contributed by atoms with Gasteiger partial charge in [-0.1, -0.05) is 11.8 Å². The summed E-state index contributed by atoms with van der Waals surface area (Å²) in [7, 11) is -2.62. The summed E-state index contributed by atoms with van der Waals surface area (Å²) in [6.07, 6.45) is 0.476. The van der Waals surface area contributed by atoms with Crippen LogP contribution in [0.3, 0.4) is 0 Å². The molecule has 2 aromatic heterocycles. The van der Waals surface area contributed by atoms with Crippen LogP contribution in [-0.4, -0.2) is 48.9 Å². The predicted molar refractivity (Wildman–Crippen MR) is 104 cm³/mol. The van der Waals surface area contributed by atoms with Gasteiger partial charge in [0.25, 0.3) is 0 Å². The van der Waals surface area contributed by atoms with Crippen molar-refractivity contribution >= 4 is 36.5 Å². The van der Waals surface area contributed by atoms with Crippen LogP contribution >= 0.6 is 19.4 Å². The third-order valence-electron chi connectivity index (χ3n) is 3.70. The minimum Gasteiger partial charge on any atom is -0.497 e. The van der Waals surface area contributed by atoms with Gasteiger partial charge < -0.3 is 29.6 Å². The maximum absolute atomic E-state index is 11.0. The van der Waals surface area contributed by atoms with Crippen LogP contribution in [0.2, 0.25) is 0 Å². The smallest absolute Gasteiger partial charge is 0.350 e. The third-order valence-corrected chi connectivity index (χ3v) is 5.18. The Morgan fingerprint density at radius 3 is 2.64 bits per heavy atom. The lowest BCUT2D eigenvalue weighted by atomic mass is 10.3. The first-order valence-electron chi connectivity index (χ1n) is 8.21. The van der Waals surface area contributed by atoms with Gasteiger partial charge in [-0.25, -0.2) is 9.97 Å². The van der Waals surface area contributed by atoms with Crippen molar-refractivity contribution in [2.24, 2.45) is 0 Å². The van der Waals surface area contributed by atoms with E-state index in [2.05, 4.69) is 15.0 Å². The number of hydrogen-bond donors (Lipinski definition) is 3. The number of ether oxygens (including phenoxy) is 2. The first-order chi connectivity index (χ1) is 13.2. The Morgan fingerprint density at radius 1 is 1.29 bits per heavy atom. The highest BCUT2D eigenvalue weighted by molar-refractivity contribution is 7.99. The van der Waals surface area contributed by atoms with Gasteiger partial charge in [-0.3, -0.25) is 4.57 Å². The molecule has 10 nitrogen and oxygen atoms in total. The summed E-state index contributed by atoms with van der Waals surface area (Å²) < 4.78 is 23.0. The number of benzene rings is 1. The molecular weight excluding hydrogens is 405 g/mol. The molecule has 0 bridgehead atoms. The number of imidazole rings is 1. The predicted octanol–water partition coefficient (Wildman–Crippen LogP) is 2.11. The summed E-state index contributed by atoms with van der Waals surface area (Å²) in [5, 5.41) is 0.607. The molecule has 0 saturated carbocycles. The van der Waals surface area contributed by atoms with Gasteiger partial charge in [0.1, 0.15) is 22.6 Å². The molecule has 0 spiro atoms. The number of nitrogen functional groups attached to an aromatic ring is 1. The average molecular weight is 425 g/mol. The van der Waals surface area contributed by atoms with E-state index in [4.69, 9.17) is 25.0 Å². The van der Waals surface area contributed by atoms with Crippen molar-refractivity contribution in [2.75, 3.05) is 19.2 Å². The summed E-state index contributed by atoms with van der Waals surface area (Å²) in [5.74, 6) is 0.860. The minimum absolute atomic E-state index is 0.106. The maximum atomic E-state index is 11.0. The first-order valence-corrected chi connectivity index (χ1v) is 10.8. The highest BCUT2D eigenvalue weighted by Gasteiger charge is 2.18. The molecule has 0 saturated heterocycles. The van der Waals surface area contributed by atoms with E-state index in [1.54, 1.807) is 24.9 Å². The molecule has 0 aliphatic rings. The molecule has 28 heavy (non-hydrogen) atoms. The second-order valence-corrected chi connectivity index (χ2v) is 8.65. The molecule has 0 aliphatic heterocycles. The SMILES string of the molecule is COc1ccc(Sc2nc(N)nc3c2ncn3CC(C)OCP(=O)(O)O)cc1. The lowest BCUT2D eigenvalue weighted by Crippen LogP contribution is -2.17. The van der Waals surface area contributed by atoms with Crippen molar-refractivity contribution in [2.45, 2.75) is 29.5 Å². The summed E-state index contributed by atoms with van der Waals surface area (Å²) >= 11 is 1.40. The van der Waals surface area contributed by atoms with Gasteiger partial charge in [0, 0.05) is 4.90 Å². The highest BCUT2D eigenvalue weighted by atomic mass is 32.2. The lowest BCUT2D eigenvalue weighted by Gasteiger charge is -2.14. The zero-order valence-corrected chi connectivity index (χ0v) is 16.9. The van der Waals surface area contributed by atoms with Crippen LogP contribution in [0.1, 0.15) is 6.92 Å². The normalized spacial score (nSPS) is 13.0. The quantitative estimate of drug-likeness (QED) is 0.362. The van der Waals surface area contributed by atoms with Crippen LogP contribution < -0.4 is 10.5 Å². The number of methoxy groups -OCH3 is 1. The van der Waals surface area contributed by atoms with Crippen molar-refractivity contribution in [3.05, 3.63) is 30.6 Å². The fraction of sp³-hybridized carbons (Fsp3) is 0.312. The van der Waals surface area contributed by atoms with E-state index in [9.17, 15) is 4.57 Å². The van der Waals surface area contributed by atoms with E-state index in [0.29, 0.717) is 22.7 Å². The fourth-order valence-electron chi connectivity index (χ4n) is 2.45. The Labute approximate surface area is 165 Å². The second-order valence-electron chi connectivity index (χ2n) is 6.00. The molecule has 2 heterocycles. The first kappa shape index (κ1) is 20.6. The molecule has 3 rings (SSSR count). The monoisotopic (exact) mass is 425 g/mol. The number of rotatable bonds is 8. The minimum atomic E-state index is -4.22. The van der Waals surface area contributed by atoms with Crippen molar-refractivity contribution in [3.63, 3.8) is 0 Å². The van der Waals surface area contributed by atoms with Crippen LogP contribution in [0.25, 0.3) is 11.2 Å².